The van der Waals surface area contributed by atoms with Crippen molar-refractivity contribution < 1.29 is 19.6 Å². The molecular formula is C17H13N3O5. The zero-order valence-electron chi connectivity index (χ0n) is 13.0. The summed E-state index contributed by atoms with van der Waals surface area (Å²) < 4.78 is 0. The lowest BCUT2D eigenvalue weighted by Crippen LogP contribution is -2.35. The molecule has 0 saturated heterocycles. The van der Waals surface area contributed by atoms with E-state index in [9.17, 15) is 19.7 Å². The predicted molar refractivity (Wildman–Crippen MR) is 86.4 cm³/mol. The summed E-state index contributed by atoms with van der Waals surface area (Å²) >= 11 is 0. The molecule has 1 unspecified atom stereocenters. The first-order valence-electron chi connectivity index (χ1n) is 7.68. The number of hydrogen-bond donors (Lipinski definition) is 2. The number of nitrogens with one attached hydrogen (secondary N) is 1. The minimum Gasteiger partial charge on any atom is -0.481 e. The van der Waals surface area contributed by atoms with Crippen LogP contribution in [0.1, 0.15) is 22.3 Å². The molecule has 1 amide bonds. The Kier molecular flexibility index (Phi) is 3.11. The summed E-state index contributed by atoms with van der Waals surface area (Å²) in [4.78, 5) is 38.5. The second-order valence-corrected chi connectivity index (χ2v) is 6.37. The third-order valence-electron chi connectivity index (χ3n) is 4.91. The van der Waals surface area contributed by atoms with E-state index in [1.165, 1.54) is 6.07 Å². The maximum Gasteiger partial charge on any atom is 0.308 e. The Balaban J connectivity index is 1.82. The summed E-state index contributed by atoms with van der Waals surface area (Å²) in [5, 5.41) is 23.1. The van der Waals surface area contributed by atoms with Crippen molar-refractivity contribution in [1.29, 1.82) is 0 Å². The summed E-state index contributed by atoms with van der Waals surface area (Å²) in [5.41, 5.74) is 1.35. The molecule has 2 aromatic rings. The van der Waals surface area contributed by atoms with E-state index in [1.54, 1.807) is 18.3 Å². The highest BCUT2D eigenvalue weighted by Gasteiger charge is 2.51. The van der Waals surface area contributed by atoms with Crippen molar-refractivity contribution in [2.45, 2.75) is 24.7 Å². The second-order valence-electron chi connectivity index (χ2n) is 6.37. The highest BCUT2D eigenvalue weighted by atomic mass is 16.6. The van der Waals surface area contributed by atoms with Gasteiger partial charge in [-0.15, -0.1) is 0 Å². The number of fused-ring (bicyclic) bond motifs is 3. The maximum atomic E-state index is 12.6. The van der Waals surface area contributed by atoms with Gasteiger partial charge in [0, 0.05) is 23.4 Å². The van der Waals surface area contributed by atoms with Crippen molar-refractivity contribution in [2.24, 2.45) is 0 Å². The van der Waals surface area contributed by atoms with Crippen LogP contribution in [0, 0.1) is 10.1 Å². The number of aromatic nitrogens is 1. The number of carboxylic acids is 1. The van der Waals surface area contributed by atoms with Gasteiger partial charge in [-0.25, -0.2) is 4.98 Å². The molecule has 0 bridgehead atoms. The van der Waals surface area contributed by atoms with Crippen LogP contribution in [0.3, 0.4) is 0 Å². The fourth-order valence-electron chi connectivity index (χ4n) is 3.84. The van der Waals surface area contributed by atoms with E-state index < -0.39 is 22.7 Å². The Hall–Kier alpha value is -3.29. The maximum absolute atomic E-state index is 12.6. The zero-order chi connectivity index (χ0) is 17.8. The standard InChI is InChI=1S/C17H13N3O5/c21-14(22)6-9-4-10-7-17(8-11(10)5-13(9)20(24)25)12-2-1-3-18-15(12)19-16(17)23/h1-5H,6-8H2,(H,21,22)(H,18,19,23). The van der Waals surface area contributed by atoms with Crippen molar-refractivity contribution in [1.82, 2.24) is 4.98 Å². The average molecular weight is 339 g/mol. The fraction of sp³-hybridized carbons (Fsp3) is 0.235. The molecule has 1 aromatic carbocycles. The van der Waals surface area contributed by atoms with Crippen LogP contribution in [-0.2, 0) is 34.3 Å². The van der Waals surface area contributed by atoms with Crippen molar-refractivity contribution in [3.63, 3.8) is 0 Å². The molecule has 0 radical (unpaired) electrons. The molecule has 1 aliphatic carbocycles. The van der Waals surface area contributed by atoms with Crippen molar-refractivity contribution >= 4 is 23.4 Å². The van der Waals surface area contributed by atoms with Crippen LogP contribution < -0.4 is 5.32 Å². The summed E-state index contributed by atoms with van der Waals surface area (Å²) in [6, 6.07) is 6.54. The van der Waals surface area contributed by atoms with Gasteiger partial charge in [-0.05, 0) is 36.1 Å². The van der Waals surface area contributed by atoms with Gasteiger partial charge in [-0.1, -0.05) is 6.07 Å². The van der Waals surface area contributed by atoms with Gasteiger partial charge in [-0.2, -0.15) is 0 Å². The van der Waals surface area contributed by atoms with Crippen LogP contribution in [0.15, 0.2) is 30.5 Å². The number of anilines is 1. The molecule has 2 N–H and O–H groups in total. The number of carbonyl (C=O) groups is 2. The number of amides is 1. The van der Waals surface area contributed by atoms with Crippen LogP contribution in [0.4, 0.5) is 11.5 Å². The van der Waals surface area contributed by atoms with Gasteiger partial charge in [0.2, 0.25) is 5.91 Å². The molecule has 8 nitrogen and oxygen atoms in total. The Morgan fingerprint density at radius 1 is 1.36 bits per heavy atom. The van der Waals surface area contributed by atoms with Crippen LogP contribution in [0.5, 0.6) is 0 Å². The number of carbonyl (C=O) groups excluding carboxylic acids is 1. The lowest BCUT2D eigenvalue weighted by molar-refractivity contribution is -0.385. The third-order valence-corrected chi connectivity index (χ3v) is 4.91. The lowest BCUT2D eigenvalue weighted by atomic mass is 9.79. The Morgan fingerprint density at radius 3 is 2.76 bits per heavy atom. The SMILES string of the molecule is O=C(O)Cc1cc2c(cc1[N+](=O)[O-])CC1(C2)C(=O)Nc2ncccc21. The van der Waals surface area contributed by atoms with E-state index in [2.05, 4.69) is 10.3 Å². The molecule has 25 heavy (non-hydrogen) atoms. The van der Waals surface area contributed by atoms with Gasteiger partial charge in [0.1, 0.15) is 5.82 Å². The van der Waals surface area contributed by atoms with E-state index in [1.807, 2.05) is 6.07 Å². The molecular weight excluding hydrogens is 326 g/mol. The first kappa shape index (κ1) is 15.3. The molecule has 126 valence electrons. The van der Waals surface area contributed by atoms with Gasteiger partial charge >= 0.3 is 5.97 Å². The van der Waals surface area contributed by atoms with Gasteiger partial charge in [-0.3, -0.25) is 19.7 Å². The van der Waals surface area contributed by atoms with E-state index in [4.69, 9.17) is 5.11 Å². The topological polar surface area (TPSA) is 122 Å². The Labute approximate surface area is 141 Å². The van der Waals surface area contributed by atoms with Gasteiger partial charge in [0.25, 0.3) is 5.69 Å². The average Bonchev–Trinajstić information content (AvgIpc) is 3.05. The van der Waals surface area contributed by atoms with Gasteiger partial charge in [0.15, 0.2) is 0 Å². The first-order valence-corrected chi connectivity index (χ1v) is 7.68. The van der Waals surface area contributed by atoms with Crippen LogP contribution >= 0.6 is 0 Å². The Bertz CT molecular complexity index is 955. The smallest absolute Gasteiger partial charge is 0.308 e. The largest absolute Gasteiger partial charge is 0.481 e. The minimum absolute atomic E-state index is 0.151. The molecule has 0 fully saturated rings. The zero-order valence-corrected chi connectivity index (χ0v) is 13.0. The molecule has 4 rings (SSSR count). The van der Waals surface area contributed by atoms with Crippen molar-refractivity contribution in [3.8, 4) is 0 Å². The lowest BCUT2D eigenvalue weighted by Gasteiger charge is -2.20. The number of nitro groups is 1. The summed E-state index contributed by atoms with van der Waals surface area (Å²) in [5.74, 6) is -0.802. The number of benzene rings is 1. The quantitative estimate of drug-likeness (QED) is 0.647. The minimum atomic E-state index is -1.14. The molecule has 1 spiro atoms. The number of hydrogen-bond acceptors (Lipinski definition) is 5. The van der Waals surface area contributed by atoms with Gasteiger partial charge in [0.05, 0.1) is 16.8 Å². The molecule has 0 saturated carbocycles. The number of pyridine rings is 1. The molecule has 2 aliphatic rings. The van der Waals surface area contributed by atoms with Crippen molar-refractivity contribution in [3.05, 3.63) is 62.8 Å². The first-order chi connectivity index (χ1) is 11.9. The summed E-state index contributed by atoms with van der Waals surface area (Å²) in [6.07, 6.45) is 1.87. The van der Waals surface area contributed by atoms with E-state index >= 15 is 0 Å². The summed E-state index contributed by atoms with van der Waals surface area (Å²) in [7, 11) is 0. The molecule has 1 atom stereocenters. The summed E-state index contributed by atoms with van der Waals surface area (Å²) in [6.45, 7) is 0. The monoisotopic (exact) mass is 339 g/mol. The van der Waals surface area contributed by atoms with Crippen molar-refractivity contribution in [2.75, 3.05) is 5.32 Å². The number of nitro benzene ring substituents is 1. The highest BCUT2D eigenvalue weighted by Crippen LogP contribution is 2.47. The number of carboxylic acid groups (broad SMARTS) is 1. The van der Waals surface area contributed by atoms with Crippen LogP contribution in [-0.4, -0.2) is 26.9 Å². The highest BCUT2D eigenvalue weighted by molar-refractivity contribution is 6.06. The van der Waals surface area contributed by atoms with E-state index in [0.717, 1.165) is 11.1 Å². The van der Waals surface area contributed by atoms with Gasteiger partial charge < -0.3 is 10.4 Å². The molecule has 1 aliphatic heterocycles. The predicted octanol–water partition coefficient (Wildman–Crippen LogP) is 1.61. The number of aliphatic carboxylic acids is 1. The molecule has 1 aromatic heterocycles. The Morgan fingerprint density at radius 2 is 2.08 bits per heavy atom. The van der Waals surface area contributed by atoms with E-state index in [0.29, 0.717) is 24.2 Å². The second kappa shape index (κ2) is 5.10. The normalized spacial score (nSPS) is 20.2. The molecule has 2 heterocycles. The van der Waals surface area contributed by atoms with Crippen LogP contribution in [0.25, 0.3) is 0 Å². The number of rotatable bonds is 3. The third kappa shape index (κ3) is 2.18. The fourth-order valence-corrected chi connectivity index (χ4v) is 3.84. The number of nitrogens with zero attached hydrogens (tertiary/aromatic N) is 2. The molecule has 8 heteroatoms. The van der Waals surface area contributed by atoms with E-state index in [-0.39, 0.29) is 17.2 Å². The van der Waals surface area contributed by atoms with Crippen LogP contribution in [0.2, 0.25) is 0 Å².